The van der Waals surface area contributed by atoms with Crippen LogP contribution in [0.1, 0.15) is 45.5 Å². The molecule has 20 heavy (non-hydrogen) atoms. The molecule has 0 bridgehead atoms. The molecule has 4 heteroatoms. The topological polar surface area (TPSA) is 29.9 Å². The van der Waals surface area contributed by atoms with Gasteiger partial charge in [0.25, 0.3) is 0 Å². The van der Waals surface area contributed by atoms with Crippen molar-refractivity contribution < 1.29 is 4.39 Å². The summed E-state index contributed by atoms with van der Waals surface area (Å²) in [6.45, 7) is 7.37. The maximum atomic E-state index is 13.5. The first-order valence-electron chi connectivity index (χ1n) is 7.35. The summed E-state index contributed by atoms with van der Waals surface area (Å²) in [5, 5.41) is 3.49. The van der Waals surface area contributed by atoms with Crippen LogP contribution < -0.4 is 5.32 Å². The Balaban J connectivity index is 1.88. The minimum atomic E-state index is -0.182. The number of halogens is 1. The first-order valence-corrected chi connectivity index (χ1v) is 7.35. The Morgan fingerprint density at radius 2 is 2.10 bits per heavy atom. The van der Waals surface area contributed by atoms with Crippen LogP contribution in [-0.4, -0.2) is 21.6 Å². The van der Waals surface area contributed by atoms with Crippen LogP contribution in [0.2, 0.25) is 0 Å². The van der Waals surface area contributed by atoms with Crippen LogP contribution in [0.3, 0.4) is 0 Å². The van der Waals surface area contributed by atoms with Gasteiger partial charge in [-0.3, -0.25) is 0 Å². The highest BCUT2D eigenvalue weighted by Crippen LogP contribution is 2.38. The molecule has 1 saturated carbocycles. The fourth-order valence-electron chi connectivity index (χ4n) is 2.58. The van der Waals surface area contributed by atoms with E-state index in [0.717, 1.165) is 29.8 Å². The van der Waals surface area contributed by atoms with Gasteiger partial charge in [-0.05, 0) is 51.8 Å². The van der Waals surface area contributed by atoms with Crippen molar-refractivity contribution in [2.45, 2.75) is 51.6 Å². The number of benzene rings is 1. The molecule has 1 aromatic heterocycles. The maximum absolute atomic E-state index is 13.5. The fraction of sp³-hybridized carbons (Fsp3) is 0.562. The SMILES string of the molecule is CC(C)(C)NCCc1nc2ccc(F)cc2n1C1CC1. The largest absolute Gasteiger partial charge is 0.325 e. The van der Waals surface area contributed by atoms with Gasteiger partial charge in [-0.2, -0.15) is 0 Å². The van der Waals surface area contributed by atoms with Gasteiger partial charge in [-0.1, -0.05) is 0 Å². The number of imidazole rings is 1. The van der Waals surface area contributed by atoms with E-state index in [9.17, 15) is 4.39 Å². The van der Waals surface area contributed by atoms with Crippen molar-refractivity contribution in [3.8, 4) is 0 Å². The monoisotopic (exact) mass is 275 g/mol. The molecule has 1 heterocycles. The van der Waals surface area contributed by atoms with E-state index in [4.69, 9.17) is 4.98 Å². The summed E-state index contributed by atoms with van der Waals surface area (Å²) >= 11 is 0. The second-order valence-electron chi connectivity index (χ2n) is 6.69. The van der Waals surface area contributed by atoms with E-state index >= 15 is 0 Å². The summed E-state index contributed by atoms with van der Waals surface area (Å²) in [6.07, 6.45) is 3.24. The zero-order valence-corrected chi connectivity index (χ0v) is 12.4. The number of fused-ring (bicyclic) bond motifs is 1. The summed E-state index contributed by atoms with van der Waals surface area (Å²) in [5.74, 6) is 0.892. The Morgan fingerprint density at radius 3 is 2.75 bits per heavy atom. The van der Waals surface area contributed by atoms with E-state index in [1.165, 1.54) is 18.9 Å². The zero-order valence-electron chi connectivity index (χ0n) is 12.4. The van der Waals surface area contributed by atoms with Crippen molar-refractivity contribution in [2.75, 3.05) is 6.54 Å². The number of nitrogens with zero attached hydrogens (tertiary/aromatic N) is 2. The molecular formula is C16H22FN3. The van der Waals surface area contributed by atoms with Crippen LogP contribution in [0.25, 0.3) is 11.0 Å². The third-order valence-electron chi connectivity index (χ3n) is 3.64. The summed E-state index contributed by atoms with van der Waals surface area (Å²) in [7, 11) is 0. The third-order valence-corrected chi connectivity index (χ3v) is 3.64. The predicted octanol–water partition coefficient (Wildman–Crippen LogP) is 3.44. The molecule has 2 aromatic rings. The molecule has 1 aromatic carbocycles. The van der Waals surface area contributed by atoms with Crippen LogP contribution in [0.5, 0.6) is 0 Å². The molecule has 0 radical (unpaired) electrons. The molecular weight excluding hydrogens is 253 g/mol. The second kappa shape index (κ2) is 4.85. The van der Waals surface area contributed by atoms with Crippen molar-refractivity contribution in [3.63, 3.8) is 0 Å². The van der Waals surface area contributed by atoms with Gasteiger partial charge >= 0.3 is 0 Å². The van der Waals surface area contributed by atoms with Gasteiger partial charge in [0.1, 0.15) is 11.6 Å². The second-order valence-corrected chi connectivity index (χ2v) is 6.69. The van der Waals surface area contributed by atoms with Crippen molar-refractivity contribution in [3.05, 3.63) is 29.8 Å². The normalized spacial score (nSPS) is 16.0. The van der Waals surface area contributed by atoms with E-state index in [2.05, 4.69) is 30.7 Å². The Labute approximate surface area is 119 Å². The molecule has 0 amide bonds. The molecule has 0 saturated heterocycles. The molecule has 1 N–H and O–H groups in total. The minimum Gasteiger partial charge on any atom is -0.325 e. The van der Waals surface area contributed by atoms with Crippen LogP contribution in [0.15, 0.2) is 18.2 Å². The number of rotatable bonds is 4. The zero-order chi connectivity index (χ0) is 14.3. The highest BCUT2D eigenvalue weighted by atomic mass is 19.1. The van der Waals surface area contributed by atoms with Crippen LogP contribution in [0, 0.1) is 5.82 Å². The lowest BCUT2D eigenvalue weighted by atomic mass is 10.1. The standard InChI is InChI=1S/C16H22FN3/c1-16(2,3)18-9-8-15-19-13-7-4-11(17)10-14(13)20(15)12-5-6-12/h4,7,10,12,18H,5-6,8-9H2,1-3H3. The van der Waals surface area contributed by atoms with Crippen LogP contribution in [0.4, 0.5) is 4.39 Å². The molecule has 1 aliphatic carbocycles. The molecule has 108 valence electrons. The molecule has 1 aliphatic rings. The van der Waals surface area contributed by atoms with E-state index in [1.807, 2.05) is 0 Å². The van der Waals surface area contributed by atoms with E-state index in [0.29, 0.717) is 6.04 Å². The third kappa shape index (κ3) is 2.85. The molecule has 0 spiro atoms. The van der Waals surface area contributed by atoms with Gasteiger partial charge in [0.2, 0.25) is 0 Å². The van der Waals surface area contributed by atoms with E-state index in [1.54, 1.807) is 12.1 Å². The maximum Gasteiger partial charge on any atom is 0.125 e. The van der Waals surface area contributed by atoms with Gasteiger partial charge in [-0.15, -0.1) is 0 Å². The fourth-order valence-corrected chi connectivity index (χ4v) is 2.58. The van der Waals surface area contributed by atoms with E-state index < -0.39 is 0 Å². The summed E-state index contributed by atoms with van der Waals surface area (Å²) in [5.41, 5.74) is 1.96. The lowest BCUT2D eigenvalue weighted by Gasteiger charge is -2.20. The molecule has 3 nitrogen and oxygen atoms in total. The molecule has 3 rings (SSSR count). The average Bonchev–Trinajstić information content (AvgIpc) is 3.10. The Kier molecular flexibility index (Phi) is 3.28. The van der Waals surface area contributed by atoms with Gasteiger partial charge in [0.05, 0.1) is 11.0 Å². The number of aromatic nitrogens is 2. The summed E-state index contributed by atoms with van der Waals surface area (Å²) < 4.78 is 15.7. The molecule has 0 atom stereocenters. The van der Waals surface area contributed by atoms with Gasteiger partial charge in [0, 0.05) is 24.5 Å². The Morgan fingerprint density at radius 1 is 1.35 bits per heavy atom. The van der Waals surface area contributed by atoms with Gasteiger partial charge < -0.3 is 9.88 Å². The number of hydrogen-bond donors (Lipinski definition) is 1. The lowest BCUT2D eigenvalue weighted by Crippen LogP contribution is -2.37. The van der Waals surface area contributed by atoms with Crippen molar-refractivity contribution in [1.82, 2.24) is 14.9 Å². The lowest BCUT2D eigenvalue weighted by molar-refractivity contribution is 0.425. The molecule has 0 unspecified atom stereocenters. The van der Waals surface area contributed by atoms with E-state index in [-0.39, 0.29) is 11.4 Å². The number of nitrogens with one attached hydrogen (secondary N) is 1. The first kappa shape index (κ1) is 13.6. The van der Waals surface area contributed by atoms with Gasteiger partial charge in [0.15, 0.2) is 0 Å². The average molecular weight is 275 g/mol. The Hall–Kier alpha value is -1.42. The number of hydrogen-bond acceptors (Lipinski definition) is 2. The highest BCUT2D eigenvalue weighted by Gasteiger charge is 2.28. The van der Waals surface area contributed by atoms with Crippen LogP contribution >= 0.6 is 0 Å². The minimum absolute atomic E-state index is 0.114. The summed E-state index contributed by atoms with van der Waals surface area (Å²) in [6, 6.07) is 5.40. The first-order chi connectivity index (χ1) is 9.44. The Bertz CT molecular complexity index is 620. The molecule has 1 fully saturated rings. The van der Waals surface area contributed by atoms with Gasteiger partial charge in [-0.25, -0.2) is 9.37 Å². The van der Waals surface area contributed by atoms with Crippen molar-refractivity contribution in [2.24, 2.45) is 0 Å². The quantitative estimate of drug-likeness (QED) is 0.926. The highest BCUT2D eigenvalue weighted by molar-refractivity contribution is 5.76. The smallest absolute Gasteiger partial charge is 0.125 e. The summed E-state index contributed by atoms with van der Waals surface area (Å²) in [4.78, 5) is 4.69. The predicted molar refractivity (Wildman–Crippen MR) is 79.4 cm³/mol. The van der Waals surface area contributed by atoms with Crippen molar-refractivity contribution >= 4 is 11.0 Å². The van der Waals surface area contributed by atoms with Crippen molar-refractivity contribution in [1.29, 1.82) is 0 Å². The molecule has 0 aliphatic heterocycles. The van der Waals surface area contributed by atoms with Crippen LogP contribution in [-0.2, 0) is 6.42 Å².